The van der Waals surface area contributed by atoms with Crippen LogP contribution in [0.3, 0.4) is 0 Å². The van der Waals surface area contributed by atoms with Crippen LogP contribution in [0.5, 0.6) is 11.5 Å². The van der Waals surface area contributed by atoms with Gasteiger partial charge in [-0.1, -0.05) is 35.9 Å². The first-order valence-electron chi connectivity index (χ1n) is 9.99. The van der Waals surface area contributed by atoms with Gasteiger partial charge >= 0.3 is 0 Å². The molecule has 0 radical (unpaired) electrons. The van der Waals surface area contributed by atoms with Gasteiger partial charge in [0.05, 0.1) is 11.4 Å². The number of thiazole rings is 1. The highest BCUT2D eigenvalue weighted by Crippen LogP contribution is 2.32. The molecular weight excluding hydrogens is 410 g/mol. The van der Waals surface area contributed by atoms with Gasteiger partial charge in [0.25, 0.3) is 0 Å². The zero-order valence-corrected chi connectivity index (χ0v) is 17.8. The van der Waals surface area contributed by atoms with E-state index in [1.165, 1.54) is 5.56 Å². The highest BCUT2D eigenvalue weighted by Gasteiger charge is 2.15. The molecule has 0 saturated carbocycles. The number of aromatic nitrogens is 2. The SMILES string of the molecule is Cc1ccc(-c2csc(-c3cccn3CC(=O)NCc3ccc4c(c3)OCO4)n2)cc1. The molecule has 6 nitrogen and oxygen atoms in total. The highest BCUT2D eigenvalue weighted by molar-refractivity contribution is 7.13. The molecule has 1 amide bonds. The van der Waals surface area contributed by atoms with Crippen LogP contribution in [0.2, 0.25) is 0 Å². The molecule has 1 aliphatic rings. The largest absolute Gasteiger partial charge is 0.454 e. The lowest BCUT2D eigenvalue weighted by molar-refractivity contribution is -0.121. The first kappa shape index (κ1) is 19.4. The second-order valence-electron chi connectivity index (χ2n) is 7.39. The van der Waals surface area contributed by atoms with Crippen molar-refractivity contribution in [2.24, 2.45) is 0 Å². The van der Waals surface area contributed by atoms with Gasteiger partial charge < -0.3 is 19.4 Å². The van der Waals surface area contributed by atoms with Crippen molar-refractivity contribution in [2.75, 3.05) is 6.79 Å². The summed E-state index contributed by atoms with van der Waals surface area (Å²) in [5.41, 5.74) is 5.15. The molecule has 7 heteroatoms. The Morgan fingerprint density at radius 3 is 2.84 bits per heavy atom. The average molecular weight is 432 g/mol. The Bertz CT molecular complexity index is 1230. The van der Waals surface area contributed by atoms with E-state index in [2.05, 4.69) is 41.9 Å². The molecule has 0 unspecified atom stereocenters. The van der Waals surface area contributed by atoms with Gasteiger partial charge in [-0.3, -0.25) is 4.79 Å². The summed E-state index contributed by atoms with van der Waals surface area (Å²) < 4.78 is 12.6. The van der Waals surface area contributed by atoms with Crippen molar-refractivity contribution in [3.8, 4) is 33.5 Å². The van der Waals surface area contributed by atoms with Gasteiger partial charge in [0, 0.05) is 23.7 Å². The van der Waals surface area contributed by atoms with E-state index in [0.717, 1.165) is 33.3 Å². The summed E-state index contributed by atoms with van der Waals surface area (Å²) >= 11 is 1.58. The van der Waals surface area contributed by atoms with Crippen molar-refractivity contribution in [3.63, 3.8) is 0 Å². The van der Waals surface area contributed by atoms with Crippen LogP contribution in [0.25, 0.3) is 22.0 Å². The van der Waals surface area contributed by atoms with Gasteiger partial charge in [-0.2, -0.15) is 0 Å². The van der Waals surface area contributed by atoms with E-state index in [9.17, 15) is 4.79 Å². The molecule has 1 N–H and O–H groups in total. The molecule has 2 aromatic heterocycles. The number of nitrogens with zero attached hydrogens (tertiary/aromatic N) is 2. The van der Waals surface area contributed by atoms with Crippen molar-refractivity contribution in [3.05, 3.63) is 77.3 Å². The second kappa shape index (κ2) is 8.28. The number of nitrogens with one attached hydrogen (secondary N) is 1. The van der Waals surface area contributed by atoms with Gasteiger partial charge in [-0.05, 0) is 36.8 Å². The molecule has 156 valence electrons. The van der Waals surface area contributed by atoms with Crippen molar-refractivity contribution in [2.45, 2.75) is 20.0 Å². The van der Waals surface area contributed by atoms with E-state index >= 15 is 0 Å². The molecule has 4 aromatic rings. The summed E-state index contributed by atoms with van der Waals surface area (Å²) in [6.45, 7) is 2.97. The molecular formula is C24H21N3O3S. The fourth-order valence-corrected chi connectivity index (χ4v) is 4.33. The van der Waals surface area contributed by atoms with E-state index in [1.54, 1.807) is 11.3 Å². The second-order valence-corrected chi connectivity index (χ2v) is 8.25. The summed E-state index contributed by atoms with van der Waals surface area (Å²) in [5.74, 6) is 1.39. The van der Waals surface area contributed by atoms with E-state index in [0.29, 0.717) is 12.3 Å². The summed E-state index contributed by atoms with van der Waals surface area (Å²) in [5, 5.41) is 5.92. The zero-order valence-electron chi connectivity index (χ0n) is 17.0. The van der Waals surface area contributed by atoms with Gasteiger partial charge in [-0.15, -0.1) is 11.3 Å². The maximum absolute atomic E-state index is 12.6. The maximum atomic E-state index is 12.6. The molecule has 5 rings (SSSR count). The standard InChI is InChI=1S/C24H21N3O3S/c1-16-4-7-18(8-5-16)19-14-31-24(26-19)20-3-2-10-27(20)13-23(28)25-12-17-6-9-21-22(11-17)30-15-29-21/h2-11,14H,12-13,15H2,1H3,(H,25,28). The van der Waals surface area contributed by atoms with E-state index < -0.39 is 0 Å². The number of hydrogen-bond acceptors (Lipinski definition) is 5. The Labute approximate surface area is 184 Å². The van der Waals surface area contributed by atoms with E-state index in [1.807, 2.05) is 41.1 Å². The minimum atomic E-state index is -0.0644. The molecule has 1 aliphatic heterocycles. The third kappa shape index (κ3) is 4.18. The van der Waals surface area contributed by atoms with Crippen LogP contribution in [0.15, 0.2) is 66.2 Å². The summed E-state index contributed by atoms with van der Waals surface area (Å²) in [6, 6.07) is 17.9. The van der Waals surface area contributed by atoms with Gasteiger partial charge in [0.15, 0.2) is 11.5 Å². The number of rotatable bonds is 6. The fraction of sp³-hybridized carbons (Fsp3) is 0.167. The summed E-state index contributed by atoms with van der Waals surface area (Å²) in [4.78, 5) is 17.3. The lowest BCUT2D eigenvalue weighted by Crippen LogP contribution is -2.27. The number of aryl methyl sites for hydroxylation is 1. The molecule has 2 aromatic carbocycles. The summed E-state index contributed by atoms with van der Waals surface area (Å²) in [7, 11) is 0. The quantitative estimate of drug-likeness (QED) is 0.483. The summed E-state index contributed by atoms with van der Waals surface area (Å²) in [6.07, 6.45) is 1.91. The van der Waals surface area contributed by atoms with Gasteiger partial charge in [-0.25, -0.2) is 4.98 Å². The van der Waals surface area contributed by atoms with Crippen LogP contribution in [-0.4, -0.2) is 22.3 Å². The third-order valence-corrected chi connectivity index (χ3v) is 6.01. The first-order chi connectivity index (χ1) is 15.2. The van der Waals surface area contributed by atoms with Crippen molar-refractivity contribution >= 4 is 17.2 Å². The number of amides is 1. The van der Waals surface area contributed by atoms with Crippen LogP contribution in [0.4, 0.5) is 0 Å². The van der Waals surface area contributed by atoms with Gasteiger partial charge in [0.1, 0.15) is 11.6 Å². The Balaban J connectivity index is 1.25. The Morgan fingerprint density at radius 1 is 1.13 bits per heavy atom. The molecule has 0 saturated heterocycles. The molecule has 0 bridgehead atoms. The number of carbonyl (C=O) groups excluding carboxylic acids is 1. The smallest absolute Gasteiger partial charge is 0.240 e. The molecule has 0 fully saturated rings. The minimum Gasteiger partial charge on any atom is -0.454 e. The number of ether oxygens (including phenoxy) is 2. The first-order valence-corrected chi connectivity index (χ1v) is 10.9. The Morgan fingerprint density at radius 2 is 1.97 bits per heavy atom. The van der Waals surface area contributed by atoms with Crippen LogP contribution >= 0.6 is 11.3 Å². The van der Waals surface area contributed by atoms with Crippen LogP contribution in [0, 0.1) is 6.92 Å². The number of fused-ring (bicyclic) bond motifs is 1. The molecule has 31 heavy (non-hydrogen) atoms. The molecule has 0 atom stereocenters. The number of hydrogen-bond donors (Lipinski definition) is 1. The van der Waals surface area contributed by atoms with Crippen LogP contribution in [-0.2, 0) is 17.9 Å². The lowest BCUT2D eigenvalue weighted by atomic mass is 10.1. The van der Waals surface area contributed by atoms with Crippen LogP contribution in [0.1, 0.15) is 11.1 Å². The topological polar surface area (TPSA) is 65.4 Å². The van der Waals surface area contributed by atoms with Crippen molar-refractivity contribution in [1.29, 1.82) is 0 Å². The van der Waals surface area contributed by atoms with Crippen LogP contribution < -0.4 is 14.8 Å². The van der Waals surface area contributed by atoms with Crippen molar-refractivity contribution in [1.82, 2.24) is 14.9 Å². The molecule has 0 spiro atoms. The van der Waals surface area contributed by atoms with Gasteiger partial charge in [0.2, 0.25) is 12.7 Å². The maximum Gasteiger partial charge on any atom is 0.240 e. The Hall–Kier alpha value is -3.58. The normalized spacial score (nSPS) is 12.2. The van der Waals surface area contributed by atoms with E-state index in [4.69, 9.17) is 14.5 Å². The van der Waals surface area contributed by atoms with E-state index in [-0.39, 0.29) is 19.2 Å². The highest BCUT2D eigenvalue weighted by atomic mass is 32.1. The molecule has 0 aliphatic carbocycles. The number of carbonyl (C=O) groups is 1. The Kier molecular flexibility index (Phi) is 5.18. The fourth-order valence-electron chi connectivity index (χ4n) is 3.46. The molecule has 3 heterocycles. The number of benzene rings is 2. The average Bonchev–Trinajstić information content (AvgIpc) is 3.53. The predicted octanol–water partition coefficient (Wildman–Crippen LogP) is 4.63. The van der Waals surface area contributed by atoms with Crippen molar-refractivity contribution < 1.29 is 14.3 Å². The third-order valence-electron chi connectivity index (χ3n) is 5.14. The minimum absolute atomic E-state index is 0.0644. The zero-order chi connectivity index (χ0) is 21.2. The monoisotopic (exact) mass is 431 g/mol. The predicted molar refractivity (Wildman–Crippen MR) is 120 cm³/mol. The lowest BCUT2D eigenvalue weighted by Gasteiger charge is -2.09.